The van der Waals surface area contributed by atoms with Crippen molar-refractivity contribution in [1.82, 2.24) is 14.9 Å². The highest BCUT2D eigenvalue weighted by atomic mass is 15.1. The summed E-state index contributed by atoms with van der Waals surface area (Å²) < 4.78 is 2.02. The zero-order valence-electron chi connectivity index (χ0n) is 8.38. The van der Waals surface area contributed by atoms with E-state index in [-0.39, 0.29) is 0 Å². The third-order valence-corrected chi connectivity index (χ3v) is 2.08. The van der Waals surface area contributed by atoms with Gasteiger partial charge in [0.2, 0.25) is 0 Å². The molecule has 3 nitrogen and oxygen atoms in total. The second kappa shape index (κ2) is 4.82. The van der Waals surface area contributed by atoms with Crippen molar-refractivity contribution in [2.24, 2.45) is 7.05 Å². The van der Waals surface area contributed by atoms with Crippen LogP contribution in [0.1, 0.15) is 19.2 Å². The lowest BCUT2D eigenvalue weighted by molar-refractivity contribution is 0.664. The summed E-state index contributed by atoms with van der Waals surface area (Å²) in [6.45, 7) is 7.73. The first-order valence-corrected chi connectivity index (χ1v) is 4.57. The maximum atomic E-state index is 4.21. The zero-order chi connectivity index (χ0) is 9.68. The predicted molar refractivity (Wildman–Crippen MR) is 54.3 cm³/mol. The minimum absolute atomic E-state index is 0.808. The van der Waals surface area contributed by atoms with E-state index in [4.69, 9.17) is 0 Å². The SMILES string of the molecule is C=C(CC)CNCc1nccn1C. The summed E-state index contributed by atoms with van der Waals surface area (Å²) in [5, 5.41) is 3.30. The smallest absolute Gasteiger partial charge is 0.122 e. The van der Waals surface area contributed by atoms with E-state index in [1.807, 2.05) is 24.0 Å². The van der Waals surface area contributed by atoms with E-state index in [9.17, 15) is 0 Å². The highest BCUT2D eigenvalue weighted by Gasteiger charge is 1.97. The van der Waals surface area contributed by atoms with Crippen molar-refractivity contribution in [3.8, 4) is 0 Å². The van der Waals surface area contributed by atoms with Crippen molar-refractivity contribution in [3.63, 3.8) is 0 Å². The predicted octanol–water partition coefficient (Wildman–Crippen LogP) is 1.48. The molecule has 1 N–H and O–H groups in total. The van der Waals surface area contributed by atoms with Gasteiger partial charge in [-0.3, -0.25) is 0 Å². The maximum absolute atomic E-state index is 4.21. The van der Waals surface area contributed by atoms with Crippen LogP contribution in [0.4, 0.5) is 0 Å². The van der Waals surface area contributed by atoms with Crippen LogP contribution < -0.4 is 5.32 Å². The van der Waals surface area contributed by atoms with Gasteiger partial charge in [0.1, 0.15) is 5.82 Å². The van der Waals surface area contributed by atoms with E-state index in [1.165, 1.54) is 5.57 Å². The molecule has 72 valence electrons. The molecule has 1 aromatic rings. The summed E-state index contributed by atoms with van der Waals surface area (Å²) >= 11 is 0. The molecular weight excluding hydrogens is 162 g/mol. The van der Waals surface area contributed by atoms with Crippen molar-refractivity contribution in [2.75, 3.05) is 6.54 Å². The third-order valence-electron chi connectivity index (χ3n) is 2.08. The summed E-state index contributed by atoms with van der Waals surface area (Å²) in [5.41, 5.74) is 1.23. The van der Waals surface area contributed by atoms with Gasteiger partial charge in [-0.15, -0.1) is 0 Å². The lowest BCUT2D eigenvalue weighted by Gasteiger charge is -2.05. The highest BCUT2D eigenvalue weighted by Crippen LogP contribution is 1.96. The molecule has 0 aromatic carbocycles. The number of imidazole rings is 1. The first-order chi connectivity index (χ1) is 6.24. The average molecular weight is 179 g/mol. The van der Waals surface area contributed by atoms with Crippen LogP contribution in [0, 0.1) is 0 Å². The normalized spacial score (nSPS) is 10.3. The Balaban J connectivity index is 2.28. The molecular formula is C10H17N3. The lowest BCUT2D eigenvalue weighted by Crippen LogP contribution is -2.18. The van der Waals surface area contributed by atoms with Gasteiger partial charge >= 0.3 is 0 Å². The maximum Gasteiger partial charge on any atom is 0.122 e. The Kier molecular flexibility index (Phi) is 3.71. The number of hydrogen-bond acceptors (Lipinski definition) is 2. The van der Waals surface area contributed by atoms with Gasteiger partial charge in [0.25, 0.3) is 0 Å². The van der Waals surface area contributed by atoms with E-state index in [1.54, 1.807) is 0 Å². The molecule has 0 aliphatic rings. The Morgan fingerprint density at radius 1 is 1.69 bits per heavy atom. The van der Waals surface area contributed by atoms with Gasteiger partial charge in [-0.2, -0.15) is 0 Å². The van der Waals surface area contributed by atoms with Gasteiger partial charge in [0.15, 0.2) is 0 Å². The molecule has 0 amide bonds. The van der Waals surface area contributed by atoms with Gasteiger partial charge in [-0.25, -0.2) is 4.98 Å². The molecule has 13 heavy (non-hydrogen) atoms. The van der Waals surface area contributed by atoms with E-state index in [0.717, 1.165) is 25.3 Å². The molecule has 0 fully saturated rings. The molecule has 0 aliphatic heterocycles. The summed E-state index contributed by atoms with van der Waals surface area (Å²) in [4.78, 5) is 4.21. The molecule has 0 bridgehead atoms. The molecule has 1 heterocycles. The number of aryl methyl sites for hydroxylation is 1. The van der Waals surface area contributed by atoms with E-state index in [2.05, 4.69) is 23.8 Å². The summed E-state index contributed by atoms with van der Waals surface area (Å²) in [6, 6.07) is 0. The van der Waals surface area contributed by atoms with Gasteiger partial charge in [0.05, 0.1) is 6.54 Å². The monoisotopic (exact) mass is 179 g/mol. The fourth-order valence-corrected chi connectivity index (χ4v) is 1.04. The van der Waals surface area contributed by atoms with Crippen LogP contribution in [0.15, 0.2) is 24.5 Å². The largest absolute Gasteiger partial charge is 0.337 e. The Labute approximate surface area is 79.5 Å². The van der Waals surface area contributed by atoms with Crippen LogP contribution in [0.3, 0.4) is 0 Å². The number of aromatic nitrogens is 2. The van der Waals surface area contributed by atoms with Crippen LogP contribution in [0.2, 0.25) is 0 Å². The van der Waals surface area contributed by atoms with Crippen molar-refractivity contribution in [1.29, 1.82) is 0 Å². The zero-order valence-corrected chi connectivity index (χ0v) is 8.38. The Morgan fingerprint density at radius 3 is 3.00 bits per heavy atom. The van der Waals surface area contributed by atoms with Crippen LogP contribution in [-0.4, -0.2) is 16.1 Å². The van der Waals surface area contributed by atoms with Crippen molar-refractivity contribution in [3.05, 3.63) is 30.4 Å². The standard InChI is InChI=1S/C10H17N3/c1-4-9(2)7-11-8-10-12-5-6-13(10)3/h5-6,11H,2,4,7-8H2,1,3H3. The lowest BCUT2D eigenvalue weighted by atomic mass is 10.2. The summed E-state index contributed by atoms with van der Waals surface area (Å²) in [6.07, 6.45) is 4.80. The molecule has 0 saturated heterocycles. The number of hydrogen-bond donors (Lipinski definition) is 1. The van der Waals surface area contributed by atoms with Crippen molar-refractivity contribution >= 4 is 0 Å². The van der Waals surface area contributed by atoms with Crippen molar-refractivity contribution in [2.45, 2.75) is 19.9 Å². The average Bonchev–Trinajstić information content (AvgIpc) is 2.52. The Hall–Kier alpha value is -1.09. The summed E-state index contributed by atoms with van der Waals surface area (Å²) in [7, 11) is 2.00. The topological polar surface area (TPSA) is 29.9 Å². The van der Waals surface area contributed by atoms with E-state index in [0.29, 0.717) is 0 Å². The van der Waals surface area contributed by atoms with Crippen LogP contribution in [0.25, 0.3) is 0 Å². The summed E-state index contributed by atoms with van der Waals surface area (Å²) in [5.74, 6) is 1.06. The Morgan fingerprint density at radius 2 is 2.46 bits per heavy atom. The molecule has 0 aliphatic carbocycles. The fraction of sp³-hybridized carbons (Fsp3) is 0.500. The molecule has 1 rings (SSSR count). The number of nitrogens with zero attached hydrogens (tertiary/aromatic N) is 2. The van der Waals surface area contributed by atoms with Gasteiger partial charge in [0, 0.05) is 26.0 Å². The van der Waals surface area contributed by atoms with E-state index < -0.39 is 0 Å². The van der Waals surface area contributed by atoms with Gasteiger partial charge in [-0.1, -0.05) is 19.1 Å². The second-order valence-corrected chi connectivity index (χ2v) is 3.16. The van der Waals surface area contributed by atoms with Crippen LogP contribution >= 0.6 is 0 Å². The van der Waals surface area contributed by atoms with Gasteiger partial charge in [-0.05, 0) is 6.42 Å². The molecule has 0 unspecified atom stereocenters. The Bertz CT molecular complexity index is 275. The van der Waals surface area contributed by atoms with E-state index >= 15 is 0 Å². The molecule has 0 radical (unpaired) electrons. The molecule has 1 aromatic heterocycles. The minimum Gasteiger partial charge on any atom is -0.337 e. The first-order valence-electron chi connectivity index (χ1n) is 4.57. The molecule has 3 heteroatoms. The van der Waals surface area contributed by atoms with Crippen molar-refractivity contribution < 1.29 is 0 Å². The number of rotatable bonds is 5. The van der Waals surface area contributed by atoms with Crippen LogP contribution in [-0.2, 0) is 13.6 Å². The second-order valence-electron chi connectivity index (χ2n) is 3.16. The molecule has 0 spiro atoms. The highest BCUT2D eigenvalue weighted by molar-refractivity contribution is 4.97. The molecule has 0 atom stereocenters. The number of nitrogens with one attached hydrogen (secondary N) is 1. The van der Waals surface area contributed by atoms with Crippen LogP contribution in [0.5, 0.6) is 0 Å². The first kappa shape index (κ1) is 9.99. The fourth-order valence-electron chi connectivity index (χ4n) is 1.04. The molecule has 0 saturated carbocycles. The van der Waals surface area contributed by atoms with Gasteiger partial charge < -0.3 is 9.88 Å². The quantitative estimate of drug-likeness (QED) is 0.694. The minimum atomic E-state index is 0.808. The third kappa shape index (κ3) is 3.03.